The van der Waals surface area contributed by atoms with E-state index in [1.807, 2.05) is 62.4 Å². The summed E-state index contributed by atoms with van der Waals surface area (Å²) in [5.41, 5.74) is 6.27. The Labute approximate surface area is 158 Å². The van der Waals surface area contributed by atoms with Crippen molar-refractivity contribution in [3.05, 3.63) is 105 Å². The number of carbonyl (C=O) groups is 1. The highest BCUT2D eigenvalue weighted by molar-refractivity contribution is 5.94. The smallest absolute Gasteiger partial charge is 0.276 e. The lowest BCUT2D eigenvalue weighted by atomic mass is 10.1. The van der Waals surface area contributed by atoms with Gasteiger partial charge in [-0.2, -0.15) is 5.10 Å². The molecule has 1 N–H and O–H groups in total. The van der Waals surface area contributed by atoms with Crippen LogP contribution in [0.1, 0.15) is 32.6 Å². The summed E-state index contributed by atoms with van der Waals surface area (Å²) < 4.78 is 1.52. The van der Waals surface area contributed by atoms with E-state index in [1.54, 1.807) is 18.5 Å². The zero-order valence-corrected chi connectivity index (χ0v) is 15.3. The summed E-state index contributed by atoms with van der Waals surface area (Å²) >= 11 is 0. The molecule has 136 valence electrons. The van der Waals surface area contributed by atoms with Crippen LogP contribution >= 0.6 is 0 Å². The fourth-order valence-electron chi connectivity index (χ4n) is 2.70. The number of amides is 1. The van der Waals surface area contributed by atoms with E-state index < -0.39 is 5.91 Å². The maximum atomic E-state index is 12.6. The number of hydrogen-bond donors (Lipinski definition) is 1. The predicted molar refractivity (Wildman–Crippen MR) is 107 cm³/mol. The molecular formula is C22H21N3O2. The summed E-state index contributed by atoms with van der Waals surface area (Å²) in [5, 5.41) is 3.95. The molecule has 27 heavy (non-hydrogen) atoms. The fraction of sp³-hybridized carbons (Fsp3) is 0.136. The average molecular weight is 359 g/mol. The lowest BCUT2D eigenvalue weighted by Gasteiger charge is -2.08. The first-order valence-corrected chi connectivity index (χ1v) is 8.68. The largest absolute Gasteiger partial charge is 0.310 e. The summed E-state index contributed by atoms with van der Waals surface area (Å²) in [6.07, 6.45) is 3.23. The second-order valence-electron chi connectivity index (χ2n) is 6.45. The number of rotatable bonds is 5. The Morgan fingerprint density at radius 1 is 1.04 bits per heavy atom. The van der Waals surface area contributed by atoms with E-state index in [1.165, 1.54) is 10.6 Å². The molecule has 0 aliphatic heterocycles. The van der Waals surface area contributed by atoms with Crippen LogP contribution in [0, 0.1) is 13.8 Å². The highest BCUT2D eigenvalue weighted by Gasteiger charge is 2.11. The van der Waals surface area contributed by atoms with Crippen LogP contribution in [0.2, 0.25) is 0 Å². The molecule has 0 bridgehead atoms. The van der Waals surface area contributed by atoms with Crippen LogP contribution in [0.15, 0.2) is 76.8 Å². The molecule has 0 radical (unpaired) electrons. The maximum absolute atomic E-state index is 12.6. The van der Waals surface area contributed by atoms with E-state index in [-0.39, 0.29) is 11.1 Å². The van der Waals surface area contributed by atoms with Crippen molar-refractivity contribution >= 4 is 12.1 Å². The molecule has 5 heteroatoms. The Bertz CT molecular complexity index is 1030. The van der Waals surface area contributed by atoms with Crippen LogP contribution in [0.3, 0.4) is 0 Å². The van der Waals surface area contributed by atoms with Gasteiger partial charge in [0.05, 0.1) is 12.8 Å². The minimum absolute atomic E-state index is 0.0611. The van der Waals surface area contributed by atoms with E-state index >= 15 is 0 Å². The van der Waals surface area contributed by atoms with E-state index in [0.717, 1.165) is 22.3 Å². The zero-order valence-electron chi connectivity index (χ0n) is 15.3. The molecule has 0 atom stereocenters. The standard InChI is InChI=1S/C22H21N3O2/c1-16-8-10-18(11-9-16)15-25-12-4-7-20(22(25)27)21(26)24-23-14-19-6-3-5-17(2)13-19/h3-14H,15H2,1-2H3,(H,24,26)/b23-14-. The minimum Gasteiger partial charge on any atom is -0.310 e. The summed E-state index contributed by atoms with van der Waals surface area (Å²) in [6, 6.07) is 18.9. The Balaban J connectivity index is 1.73. The third-order valence-corrected chi connectivity index (χ3v) is 4.16. The molecule has 1 aromatic heterocycles. The van der Waals surface area contributed by atoms with E-state index in [2.05, 4.69) is 10.5 Å². The van der Waals surface area contributed by atoms with Crippen LogP contribution in [0.5, 0.6) is 0 Å². The van der Waals surface area contributed by atoms with E-state index in [4.69, 9.17) is 0 Å². The Morgan fingerprint density at radius 2 is 1.81 bits per heavy atom. The van der Waals surface area contributed by atoms with Crippen LogP contribution < -0.4 is 11.0 Å². The molecule has 0 unspecified atom stereocenters. The van der Waals surface area contributed by atoms with Crippen LogP contribution in [-0.4, -0.2) is 16.7 Å². The SMILES string of the molecule is Cc1ccc(Cn2cccc(C(=O)N/N=C\c3cccc(C)c3)c2=O)cc1. The van der Waals surface area contributed by atoms with Gasteiger partial charge in [0.15, 0.2) is 0 Å². The molecule has 3 rings (SSSR count). The molecule has 5 nitrogen and oxygen atoms in total. The van der Waals surface area contributed by atoms with Gasteiger partial charge in [-0.05, 0) is 37.1 Å². The van der Waals surface area contributed by atoms with Crippen molar-refractivity contribution in [3.8, 4) is 0 Å². The molecule has 0 aliphatic rings. The van der Waals surface area contributed by atoms with Gasteiger partial charge in [0.25, 0.3) is 11.5 Å². The predicted octanol–water partition coefficient (Wildman–Crippen LogP) is 3.28. The normalized spacial score (nSPS) is 10.9. The zero-order chi connectivity index (χ0) is 19.2. The third-order valence-electron chi connectivity index (χ3n) is 4.16. The van der Waals surface area contributed by atoms with Crippen molar-refractivity contribution in [1.82, 2.24) is 9.99 Å². The lowest BCUT2D eigenvalue weighted by Crippen LogP contribution is -2.30. The number of aryl methyl sites for hydroxylation is 2. The highest BCUT2D eigenvalue weighted by Crippen LogP contribution is 2.05. The van der Waals surface area contributed by atoms with Gasteiger partial charge < -0.3 is 4.57 Å². The van der Waals surface area contributed by atoms with Crippen molar-refractivity contribution in [1.29, 1.82) is 0 Å². The lowest BCUT2D eigenvalue weighted by molar-refractivity contribution is 0.0953. The number of nitrogens with one attached hydrogen (secondary N) is 1. The maximum Gasteiger partial charge on any atom is 0.276 e. The fourth-order valence-corrected chi connectivity index (χ4v) is 2.70. The molecule has 2 aromatic carbocycles. The molecule has 0 fully saturated rings. The van der Waals surface area contributed by atoms with Gasteiger partial charge >= 0.3 is 0 Å². The minimum atomic E-state index is -0.526. The number of pyridine rings is 1. The first-order valence-electron chi connectivity index (χ1n) is 8.68. The molecule has 1 heterocycles. The summed E-state index contributed by atoms with van der Waals surface area (Å²) in [6.45, 7) is 4.40. The van der Waals surface area contributed by atoms with Crippen molar-refractivity contribution in [3.63, 3.8) is 0 Å². The molecule has 0 saturated heterocycles. The molecular weight excluding hydrogens is 338 g/mol. The van der Waals surface area contributed by atoms with Gasteiger partial charge in [0.2, 0.25) is 0 Å². The van der Waals surface area contributed by atoms with Crippen molar-refractivity contribution in [2.75, 3.05) is 0 Å². The monoisotopic (exact) mass is 359 g/mol. The second-order valence-corrected chi connectivity index (χ2v) is 6.45. The molecule has 1 amide bonds. The Hall–Kier alpha value is -3.47. The van der Waals surface area contributed by atoms with Crippen molar-refractivity contribution in [2.45, 2.75) is 20.4 Å². The Morgan fingerprint density at radius 3 is 2.56 bits per heavy atom. The number of carbonyl (C=O) groups excluding carboxylic acids is 1. The number of benzene rings is 2. The van der Waals surface area contributed by atoms with Gasteiger partial charge in [-0.3, -0.25) is 9.59 Å². The highest BCUT2D eigenvalue weighted by atomic mass is 16.2. The van der Waals surface area contributed by atoms with Crippen LogP contribution in [0.4, 0.5) is 0 Å². The van der Waals surface area contributed by atoms with Crippen molar-refractivity contribution in [2.24, 2.45) is 5.10 Å². The van der Waals surface area contributed by atoms with E-state index in [0.29, 0.717) is 6.54 Å². The molecule has 0 spiro atoms. The molecule has 0 aliphatic carbocycles. The van der Waals surface area contributed by atoms with Gasteiger partial charge in [0.1, 0.15) is 5.56 Å². The van der Waals surface area contributed by atoms with Crippen molar-refractivity contribution < 1.29 is 4.79 Å². The Kier molecular flexibility index (Phi) is 5.61. The summed E-state index contributed by atoms with van der Waals surface area (Å²) in [7, 11) is 0. The quantitative estimate of drug-likeness (QED) is 0.561. The first-order chi connectivity index (χ1) is 13.0. The summed E-state index contributed by atoms with van der Waals surface area (Å²) in [4.78, 5) is 24.9. The number of nitrogens with zero attached hydrogens (tertiary/aromatic N) is 2. The first kappa shape index (κ1) is 18.3. The van der Waals surface area contributed by atoms with Gasteiger partial charge in [0, 0.05) is 6.20 Å². The number of aromatic nitrogens is 1. The van der Waals surface area contributed by atoms with Gasteiger partial charge in [-0.25, -0.2) is 5.43 Å². The number of hydrogen-bond acceptors (Lipinski definition) is 3. The number of hydrazone groups is 1. The average Bonchev–Trinajstić information content (AvgIpc) is 2.65. The second kappa shape index (κ2) is 8.27. The summed E-state index contributed by atoms with van der Waals surface area (Å²) in [5.74, 6) is -0.526. The third kappa shape index (κ3) is 4.79. The van der Waals surface area contributed by atoms with Gasteiger partial charge in [-0.15, -0.1) is 0 Å². The van der Waals surface area contributed by atoms with Crippen LogP contribution in [0.25, 0.3) is 0 Å². The molecule has 0 saturated carbocycles. The van der Waals surface area contributed by atoms with Crippen LogP contribution in [-0.2, 0) is 6.54 Å². The van der Waals surface area contributed by atoms with E-state index in [9.17, 15) is 9.59 Å². The topological polar surface area (TPSA) is 63.5 Å². The molecule has 3 aromatic rings. The van der Waals surface area contributed by atoms with Gasteiger partial charge in [-0.1, -0.05) is 59.7 Å².